The van der Waals surface area contributed by atoms with Gasteiger partial charge in [0.1, 0.15) is 4.21 Å². The lowest BCUT2D eigenvalue weighted by atomic mass is 10.3. The van der Waals surface area contributed by atoms with Gasteiger partial charge in [-0.2, -0.15) is 0 Å². The van der Waals surface area contributed by atoms with E-state index < -0.39 is 10.0 Å². The van der Waals surface area contributed by atoms with Crippen LogP contribution >= 0.6 is 11.3 Å². The minimum absolute atomic E-state index is 0.227. The van der Waals surface area contributed by atoms with E-state index in [1.54, 1.807) is 24.5 Å². The minimum atomic E-state index is -3.49. The second-order valence-electron chi connectivity index (χ2n) is 4.06. The quantitative estimate of drug-likeness (QED) is 0.873. The Labute approximate surface area is 116 Å². The highest BCUT2D eigenvalue weighted by Gasteiger charge is 2.18. The van der Waals surface area contributed by atoms with Crippen molar-refractivity contribution in [3.8, 4) is 0 Å². The van der Waals surface area contributed by atoms with E-state index in [2.05, 4.69) is 9.71 Å². The summed E-state index contributed by atoms with van der Waals surface area (Å²) < 4.78 is 27.1. The molecular formula is C12H15N3O2S2. The fourth-order valence-electron chi connectivity index (χ4n) is 1.58. The van der Waals surface area contributed by atoms with E-state index in [9.17, 15) is 8.42 Å². The third kappa shape index (κ3) is 3.38. The predicted molar refractivity (Wildman–Crippen MR) is 75.2 cm³/mol. The molecule has 3 N–H and O–H groups in total. The third-order valence-corrected chi connectivity index (χ3v) is 5.77. The lowest BCUT2D eigenvalue weighted by Crippen LogP contribution is -2.22. The van der Waals surface area contributed by atoms with Crippen molar-refractivity contribution in [2.24, 2.45) is 5.73 Å². The van der Waals surface area contributed by atoms with Gasteiger partial charge in [0.2, 0.25) is 10.0 Å². The highest BCUT2D eigenvalue weighted by atomic mass is 32.2. The van der Waals surface area contributed by atoms with Gasteiger partial charge in [-0.15, -0.1) is 11.3 Å². The molecule has 102 valence electrons. The molecule has 19 heavy (non-hydrogen) atoms. The zero-order valence-electron chi connectivity index (χ0n) is 10.5. The van der Waals surface area contributed by atoms with Crippen molar-refractivity contribution in [2.45, 2.75) is 24.2 Å². The van der Waals surface area contributed by atoms with Crippen LogP contribution in [0.4, 0.5) is 0 Å². The highest BCUT2D eigenvalue weighted by Crippen LogP contribution is 2.25. The third-order valence-electron chi connectivity index (χ3n) is 2.64. The van der Waals surface area contributed by atoms with Gasteiger partial charge in [0.15, 0.2) is 0 Å². The van der Waals surface area contributed by atoms with E-state index in [4.69, 9.17) is 5.73 Å². The van der Waals surface area contributed by atoms with Crippen molar-refractivity contribution in [1.82, 2.24) is 9.71 Å². The molecule has 2 aromatic rings. The lowest BCUT2D eigenvalue weighted by Gasteiger charge is -2.04. The first kappa shape index (κ1) is 14.1. The number of aryl methyl sites for hydroxylation is 1. The molecule has 7 heteroatoms. The normalized spacial score (nSPS) is 11.7. The highest BCUT2D eigenvalue weighted by molar-refractivity contribution is 7.91. The second kappa shape index (κ2) is 5.79. The standard InChI is InChI=1S/C12H15N3O2S2/c1-9-5-12(18-11(9)6-13)19(16,17)15-8-10-3-2-4-14-7-10/h2-5,7,15H,6,8,13H2,1H3. The van der Waals surface area contributed by atoms with Crippen LogP contribution < -0.4 is 10.5 Å². The van der Waals surface area contributed by atoms with Crippen molar-refractivity contribution in [1.29, 1.82) is 0 Å². The summed E-state index contributed by atoms with van der Waals surface area (Å²) in [5.41, 5.74) is 7.29. The van der Waals surface area contributed by atoms with Crippen molar-refractivity contribution in [3.63, 3.8) is 0 Å². The number of thiophene rings is 1. The smallest absolute Gasteiger partial charge is 0.250 e. The number of sulfonamides is 1. The molecule has 0 spiro atoms. The number of hydrogen-bond donors (Lipinski definition) is 2. The summed E-state index contributed by atoms with van der Waals surface area (Å²) in [7, 11) is -3.49. The number of hydrogen-bond acceptors (Lipinski definition) is 5. The molecule has 0 unspecified atom stereocenters. The molecule has 0 fully saturated rings. The number of nitrogens with zero attached hydrogens (tertiary/aromatic N) is 1. The Morgan fingerprint density at radius 3 is 2.84 bits per heavy atom. The summed E-state index contributed by atoms with van der Waals surface area (Å²) in [5.74, 6) is 0. The van der Waals surface area contributed by atoms with Crippen LogP contribution in [0.5, 0.6) is 0 Å². The van der Waals surface area contributed by atoms with Gasteiger partial charge in [0.25, 0.3) is 0 Å². The van der Waals surface area contributed by atoms with Crippen LogP contribution in [0, 0.1) is 6.92 Å². The van der Waals surface area contributed by atoms with Crippen molar-refractivity contribution in [3.05, 3.63) is 46.6 Å². The summed E-state index contributed by atoms with van der Waals surface area (Å²) in [5, 5.41) is 0. The van der Waals surface area contributed by atoms with Crippen LogP contribution in [0.25, 0.3) is 0 Å². The van der Waals surface area contributed by atoms with Crippen LogP contribution in [0.1, 0.15) is 16.0 Å². The number of aromatic nitrogens is 1. The van der Waals surface area contributed by atoms with Crippen LogP contribution in [-0.4, -0.2) is 13.4 Å². The Morgan fingerprint density at radius 1 is 1.47 bits per heavy atom. The van der Waals surface area contributed by atoms with E-state index in [-0.39, 0.29) is 6.54 Å². The van der Waals surface area contributed by atoms with Gasteiger partial charge >= 0.3 is 0 Å². The van der Waals surface area contributed by atoms with Crippen LogP contribution in [0.2, 0.25) is 0 Å². The molecule has 0 saturated carbocycles. The Balaban J connectivity index is 2.14. The molecule has 0 aliphatic rings. The zero-order chi connectivity index (χ0) is 13.9. The number of rotatable bonds is 5. The summed E-state index contributed by atoms with van der Waals surface area (Å²) in [4.78, 5) is 4.83. The molecule has 0 amide bonds. The summed E-state index contributed by atoms with van der Waals surface area (Å²) in [6, 6.07) is 5.24. The molecule has 0 radical (unpaired) electrons. The Hall–Kier alpha value is -1.28. The van der Waals surface area contributed by atoms with Gasteiger partial charge in [-0.25, -0.2) is 13.1 Å². The Bertz CT molecular complexity index is 651. The average molecular weight is 297 g/mol. The molecule has 0 atom stereocenters. The molecule has 0 saturated heterocycles. The molecule has 0 aromatic carbocycles. The minimum Gasteiger partial charge on any atom is -0.326 e. The molecule has 0 aliphatic heterocycles. The second-order valence-corrected chi connectivity index (χ2v) is 7.19. The lowest BCUT2D eigenvalue weighted by molar-refractivity contribution is 0.583. The number of pyridine rings is 1. The molecule has 2 aromatic heterocycles. The van der Waals surface area contributed by atoms with E-state index in [0.29, 0.717) is 10.8 Å². The van der Waals surface area contributed by atoms with Gasteiger partial charge in [-0.05, 0) is 30.2 Å². The van der Waals surface area contributed by atoms with E-state index in [1.165, 1.54) is 11.3 Å². The van der Waals surface area contributed by atoms with Gasteiger partial charge < -0.3 is 5.73 Å². The molecule has 0 aliphatic carbocycles. The predicted octanol–water partition coefficient (Wildman–Crippen LogP) is 1.39. The van der Waals surface area contributed by atoms with Gasteiger partial charge in [0, 0.05) is 30.4 Å². The molecule has 2 heterocycles. The van der Waals surface area contributed by atoms with Crippen LogP contribution in [0.3, 0.4) is 0 Å². The maximum Gasteiger partial charge on any atom is 0.250 e. The van der Waals surface area contributed by atoms with E-state index >= 15 is 0 Å². The van der Waals surface area contributed by atoms with Crippen LogP contribution in [-0.2, 0) is 23.1 Å². The summed E-state index contributed by atoms with van der Waals surface area (Å²) in [6.45, 7) is 2.44. The summed E-state index contributed by atoms with van der Waals surface area (Å²) >= 11 is 1.21. The van der Waals surface area contributed by atoms with E-state index in [1.807, 2.05) is 13.0 Å². The van der Waals surface area contributed by atoms with Gasteiger partial charge in [-0.3, -0.25) is 4.98 Å². The molecule has 0 bridgehead atoms. The molecule has 5 nitrogen and oxygen atoms in total. The van der Waals surface area contributed by atoms with Gasteiger partial charge in [-0.1, -0.05) is 6.07 Å². The maximum atomic E-state index is 12.1. The van der Waals surface area contributed by atoms with Crippen molar-refractivity contribution in [2.75, 3.05) is 0 Å². The first-order chi connectivity index (χ1) is 9.03. The largest absolute Gasteiger partial charge is 0.326 e. The maximum absolute atomic E-state index is 12.1. The Kier molecular flexibility index (Phi) is 4.31. The van der Waals surface area contributed by atoms with Crippen molar-refractivity contribution >= 4 is 21.4 Å². The van der Waals surface area contributed by atoms with Gasteiger partial charge in [0.05, 0.1) is 0 Å². The molecule has 2 rings (SSSR count). The fraction of sp³-hybridized carbons (Fsp3) is 0.250. The van der Waals surface area contributed by atoms with Crippen LogP contribution in [0.15, 0.2) is 34.8 Å². The Morgan fingerprint density at radius 2 is 2.26 bits per heavy atom. The summed E-state index contributed by atoms with van der Waals surface area (Å²) in [6.07, 6.45) is 3.28. The monoisotopic (exact) mass is 297 g/mol. The first-order valence-electron chi connectivity index (χ1n) is 5.71. The van der Waals surface area contributed by atoms with E-state index in [0.717, 1.165) is 16.0 Å². The number of nitrogens with two attached hydrogens (primary N) is 1. The first-order valence-corrected chi connectivity index (χ1v) is 8.01. The average Bonchev–Trinajstić information content (AvgIpc) is 2.80. The fourth-order valence-corrected chi connectivity index (χ4v) is 4.11. The topological polar surface area (TPSA) is 85.1 Å². The zero-order valence-corrected chi connectivity index (χ0v) is 12.1. The van der Waals surface area contributed by atoms with Crippen molar-refractivity contribution < 1.29 is 8.42 Å². The molecular weight excluding hydrogens is 282 g/mol. The number of nitrogens with one attached hydrogen (secondary N) is 1. The SMILES string of the molecule is Cc1cc(S(=O)(=O)NCc2cccnc2)sc1CN.